The topological polar surface area (TPSA) is 0 Å². The van der Waals surface area contributed by atoms with E-state index in [1.165, 1.54) is 42.4 Å². The number of rotatable bonds is 2. The van der Waals surface area contributed by atoms with Crippen molar-refractivity contribution in [2.24, 2.45) is 11.8 Å². The Morgan fingerprint density at radius 1 is 0.548 bits per heavy atom. The summed E-state index contributed by atoms with van der Waals surface area (Å²) in [6, 6.07) is 27.1. The standard InChI is InChI=1S/C30H28Si/c1-19-17-27-23-11-7-5-9-21(23)13-15-25(27)29(19)31(3,4)30-20(2)18-28-24-12-8-6-10-22(24)14-16-26(28)30/h5-20H,1-4H3. The molecule has 0 saturated carbocycles. The van der Waals surface area contributed by atoms with E-state index in [0.717, 1.165) is 0 Å². The van der Waals surface area contributed by atoms with Crippen LogP contribution in [0.25, 0.3) is 44.1 Å². The zero-order valence-corrected chi connectivity index (χ0v) is 19.7. The van der Waals surface area contributed by atoms with Gasteiger partial charge < -0.3 is 0 Å². The minimum atomic E-state index is -1.87. The van der Waals surface area contributed by atoms with Crippen LogP contribution in [0.5, 0.6) is 0 Å². The molecule has 0 saturated heterocycles. The van der Waals surface area contributed by atoms with E-state index in [-0.39, 0.29) is 0 Å². The van der Waals surface area contributed by atoms with Gasteiger partial charge in [0.15, 0.2) is 0 Å². The molecule has 6 rings (SSSR count). The van der Waals surface area contributed by atoms with Crippen LogP contribution in [-0.2, 0) is 0 Å². The monoisotopic (exact) mass is 416 g/mol. The smallest absolute Gasteiger partial charge is 0.0695 e. The third-order valence-electron chi connectivity index (χ3n) is 7.61. The molecular weight excluding hydrogens is 388 g/mol. The van der Waals surface area contributed by atoms with Crippen LogP contribution in [-0.4, -0.2) is 8.07 Å². The number of hydrogen-bond donors (Lipinski definition) is 0. The van der Waals surface area contributed by atoms with E-state index in [0.29, 0.717) is 11.8 Å². The summed E-state index contributed by atoms with van der Waals surface area (Å²) in [6.07, 6.45) is 5.04. The summed E-state index contributed by atoms with van der Waals surface area (Å²) >= 11 is 0. The molecule has 2 unspecified atom stereocenters. The molecule has 2 atom stereocenters. The van der Waals surface area contributed by atoms with Crippen LogP contribution in [0.3, 0.4) is 0 Å². The van der Waals surface area contributed by atoms with Gasteiger partial charge in [0, 0.05) is 0 Å². The van der Waals surface area contributed by atoms with Crippen LogP contribution in [0.2, 0.25) is 13.1 Å². The van der Waals surface area contributed by atoms with Gasteiger partial charge >= 0.3 is 0 Å². The molecule has 0 nitrogen and oxygen atoms in total. The molecule has 0 aliphatic heterocycles. The van der Waals surface area contributed by atoms with Gasteiger partial charge in [0.05, 0.1) is 0 Å². The van der Waals surface area contributed by atoms with Crippen LogP contribution in [0, 0.1) is 11.8 Å². The second-order valence-corrected chi connectivity index (χ2v) is 14.2. The highest BCUT2D eigenvalue weighted by atomic mass is 28.3. The lowest BCUT2D eigenvalue weighted by Gasteiger charge is -2.32. The molecule has 1 heteroatoms. The highest BCUT2D eigenvalue weighted by Gasteiger charge is 2.38. The van der Waals surface area contributed by atoms with E-state index in [4.69, 9.17) is 0 Å². The molecule has 4 aromatic rings. The minimum absolute atomic E-state index is 0.492. The fraction of sp³-hybridized carbons (Fsp3) is 0.200. The van der Waals surface area contributed by atoms with Crippen molar-refractivity contribution in [1.29, 1.82) is 0 Å². The number of fused-ring (bicyclic) bond motifs is 6. The Balaban J connectivity index is 1.69. The molecule has 0 aromatic heterocycles. The Bertz CT molecular complexity index is 1510. The SMILES string of the molecule is CC1C=c2c(ccc3ccccc23)=C1[Si](C)(C)C1=c2ccc3ccccc3c2=CC1C. The normalized spacial score (nSPS) is 20.0. The summed E-state index contributed by atoms with van der Waals surface area (Å²) in [5, 5.41) is 14.8. The van der Waals surface area contributed by atoms with Crippen molar-refractivity contribution in [2.45, 2.75) is 26.9 Å². The van der Waals surface area contributed by atoms with Gasteiger partial charge in [0.1, 0.15) is 8.07 Å². The molecule has 152 valence electrons. The molecule has 0 bridgehead atoms. The van der Waals surface area contributed by atoms with Crippen LogP contribution < -0.4 is 20.9 Å². The summed E-state index contributed by atoms with van der Waals surface area (Å²) in [7, 11) is -1.87. The molecule has 4 aromatic carbocycles. The van der Waals surface area contributed by atoms with Crippen molar-refractivity contribution in [2.75, 3.05) is 0 Å². The van der Waals surface area contributed by atoms with Crippen molar-refractivity contribution in [3.8, 4) is 0 Å². The summed E-state index contributed by atoms with van der Waals surface area (Å²) in [5.74, 6) is 0.985. The Hall–Kier alpha value is -2.90. The van der Waals surface area contributed by atoms with Crippen molar-refractivity contribution < 1.29 is 0 Å². The lowest BCUT2D eigenvalue weighted by molar-refractivity contribution is 1.03. The van der Waals surface area contributed by atoms with Gasteiger partial charge in [-0.3, -0.25) is 0 Å². The first kappa shape index (κ1) is 18.8. The summed E-state index contributed by atoms with van der Waals surface area (Å²) in [5.41, 5.74) is 0. The van der Waals surface area contributed by atoms with E-state index in [1.54, 1.807) is 10.4 Å². The van der Waals surface area contributed by atoms with Gasteiger partial charge in [-0.25, -0.2) is 0 Å². The minimum Gasteiger partial charge on any atom is -0.0695 e. The summed E-state index contributed by atoms with van der Waals surface area (Å²) < 4.78 is 0. The van der Waals surface area contributed by atoms with E-state index in [2.05, 4.69) is 112 Å². The quantitative estimate of drug-likeness (QED) is 0.418. The maximum Gasteiger partial charge on any atom is 0.106 e. The second-order valence-electron chi connectivity index (χ2n) is 9.86. The van der Waals surface area contributed by atoms with E-state index >= 15 is 0 Å². The first-order chi connectivity index (χ1) is 15.0. The Kier molecular flexibility index (Phi) is 3.98. The lowest BCUT2D eigenvalue weighted by Crippen LogP contribution is -2.42. The van der Waals surface area contributed by atoms with Gasteiger partial charge in [0.25, 0.3) is 0 Å². The zero-order chi connectivity index (χ0) is 21.3. The Morgan fingerprint density at radius 2 is 0.968 bits per heavy atom. The number of benzene rings is 4. The maximum atomic E-state index is 2.58. The molecular formula is C30H28Si. The predicted octanol–water partition coefficient (Wildman–Crippen LogP) is 4.64. The molecule has 31 heavy (non-hydrogen) atoms. The van der Waals surface area contributed by atoms with Crippen molar-refractivity contribution in [3.05, 3.63) is 93.7 Å². The van der Waals surface area contributed by atoms with Gasteiger partial charge in [0.2, 0.25) is 0 Å². The van der Waals surface area contributed by atoms with Gasteiger partial charge in [-0.05, 0) is 54.3 Å². The predicted molar refractivity (Wildman–Crippen MR) is 138 cm³/mol. The largest absolute Gasteiger partial charge is 0.106 e. The highest BCUT2D eigenvalue weighted by molar-refractivity contribution is 7.06. The summed E-state index contributed by atoms with van der Waals surface area (Å²) in [6.45, 7) is 9.98. The van der Waals surface area contributed by atoms with Gasteiger partial charge in [-0.15, -0.1) is 0 Å². The molecule has 2 aliphatic rings. The molecule has 0 radical (unpaired) electrons. The fourth-order valence-electron chi connectivity index (χ4n) is 6.53. The molecule has 0 N–H and O–H groups in total. The molecule has 2 aliphatic carbocycles. The highest BCUT2D eigenvalue weighted by Crippen LogP contribution is 2.37. The molecule has 0 spiro atoms. The maximum absolute atomic E-state index is 2.58. The Morgan fingerprint density at radius 3 is 1.42 bits per heavy atom. The van der Waals surface area contributed by atoms with Gasteiger partial charge in [-0.1, -0.05) is 122 Å². The van der Waals surface area contributed by atoms with Crippen LogP contribution in [0.4, 0.5) is 0 Å². The average molecular weight is 417 g/mol. The zero-order valence-electron chi connectivity index (χ0n) is 18.7. The first-order valence-electron chi connectivity index (χ1n) is 11.5. The second kappa shape index (κ2) is 6.55. The van der Waals surface area contributed by atoms with Gasteiger partial charge in [-0.2, -0.15) is 0 Å². The fourth-order valence-corrected chi connectivity index (χ4v) is 11.1. The molecule has 0 fully saturated rings. The summed E-state index contributed by atoms with van der Waals surface area (Å²) in [4.78, 5) is 0. The van der Waals surface area contributed by atoms with E-state index < -0.39 is 8.07 Å². The molecule has 0 heterocycles. The van der Waals surface area contributed by atoms with Crippen molar-refractivity contribution in [1.82, 2.24) is 0 Å². The van der Waals surface area contributed by atoms with Crippen LogP contribution >= 0.6 is 0 Å². The first-order valence-corrected chi connectivity index (χ1v) is 14.5. The van der Waals surface area contributed by atoms with Crippen LogP contribution in [0.15, 0.2) is 72.8 Å². The van der Waals surface area contributed by atoms with E-state index in [1.807, 2.05) is 0 Å². The van der Waals surface area contributed by atoms with Crippen molar-refractivity contribution >= 4 is 52.2 Å². The van der Waals surface area contributed by atoms with Crippen LogP contribution in [0.1, 0.15) is 13.8 Å². The van der Waals surface area contributed by atoms with Crippen molar-refractivity contribution in [3.63, 3.8) is 0 Å². The molecule has 0 amide bonds. The van der Waals surface area contributed by atoms with E-state index in [9.17, 15) is 0 Å². The Labute approximate surface area is 184 Å². The number of hydrogen-bond acceptors (Lipinski definition) is 0. The lowest BCUT2D eigenvalue weighted by atomic mass is 10.1. The average Bonchev–Trinajstić information content (AvgIpc) is 3.30. The third-order valence-corrected chi connectivity index (χ3v) is 11.8. The third kappa shape index (κ3) is 2.60.